The standard InChI is InChI=1S/C32H42ClN5OS/c1-20-11-21(2)35-32(34-20)40-28-17-29(38(19-28)18-22-3-5-27(33)6-4-22)31(39)37-9-7-36(8-10-37)30-25-13-23-12-24(15-25)16-26(30)14-23/h3-6,11,23-26,28-30H,7-10,12-19H2,1-2H3/t23?,24?,25?,26?,28-,29-,30?/m0/s1. The maximum atomic E-state index is 14.1. The van der Waals surface area contributed by atoms with Crippen LogP contribution in [0.4, 0.5) is 0 Å². The molecule has 0 unspecified atom stereocenters. The first-order valence-corrected chi connectivity index (χ1v) is 16.6. The molecule has 6 aliphatic rings. The maximum Gasteiger partial charge on any atom is 0.240 e. The van der Waals surface area contributed by atoms with Crippen LogP contribution in [0.25, 0.3) is 0 Å². The van der Waals surface area contributed by atoms with Gasteiger partial charge in [0.25, 0.3) is 0 Å². The lowest BCUT2D eigenvalue weighted by molar-refractivity contribution is -0.140. The number of carbonyl (C=O) groups excluding carboxylic acids is 1. The van der Waals surface area contributed by atoms with Gasteiger partial charge in [0, 0.05) is 67.0 Å². The Labute approximate surface area is 248 Å². The number of hydrogen-bond acceptors (Lipinski definition) is 6. The second kappa shape index (κ2) is 11.2. The van der Waals surface area contributed by atoms with Gasteiger partial charge in [-0.2, -0.15) is 0 Å². The second-order valence-electron chi connectivity index (χ2n) is 13.3. The fourth-order valence-electron chi connectivity index (χ4n) is 9.04. The highest BCUT2D eigenvalue weighted by atomic mass is 35.5. The molecule has 1 amide bonds. The first kappa shape index (κ1) is 27.2. The topological polar surface area (TPSA) is 52.6 Å². The third kappa shape index (κ3) is 5.56. The third-order valence-electron chi connectivity index (χ3n) is 10.4. The van der Waals surface area contributed by atoms with Crippen molar-refractivity contribution in [2.24, 2.45) is 23.7 Å². The van der Waals surface area contributed by atoms with Crippen LogP contribution >= 0.6 is 23.4 Å². The Kier molecular flexibility index (Phi) is 7.61. The van der Waals surface area contributed by atoms with E-state index < -0.39 is 0 Å². The molecule has 1 aromatic heterocycles. The molecule has 214 valence electrons. The molecule has 40 heavy (non-hydrogen) atoms. The number of amides is 1. The summed E-state index contributed by atoms with van der Waals surface area (Å²) in [5.74, 6) is 4.15. The van der Waals surface area contributed by atoms with Gasteiger partial charge in [0.2, 0.25) is 5.91 Å². The largest absolute Gasteiger partial charge is 0.339 e. The van der Waals surface area contributed by atoms with Crippen LogP contribution in [0.2, 0.25) is 5.02 Å². The highest BCUT2D eigenvalue weighted by Crippen LogP contribution is 2.55. The maximum absolute atomic E-state index is 14.1. The number of hydrogen-bond donors (Lipinski definition) is 0. The molecule has 2 aromatic rings. The number of thioether (sulfide) groups is 1. The van der Waals surface area contributed by atoms with E-state index in [1.807, 2.05) is 32.0 Å². The van der Waals surface area contributed by atoms with Crippen molar-refractivity contribution in [2.45, 2.75) is 81.4 Å². The lowest BCUT2D eigenvalue weighted by Crippen LogP contribution is -2.61. The van der Waals surface area contributed by atoms with Gasteiger partial charge in [-0.3, -0.25) is 14.6 Å². The summed E-state index contributed by atoms with van der Waals surface area (Å²) >= 11 is 7.89. The van der Waals surface area contributed by atoms with Gasteiger partial charge in [-0.05, 0) is 99.8 Å². The molecule has 1 aromatic carbocycles. The minimum absolute atomic E-state index is 0.105. The lowest BCUT2D eigenvalue weighted by atomic mass is 9.54. The molecule has 8 heteroatoms. The minimum atomic E-state index is -0.105. The smallest absolute Gasteiger partial charge is 0.240 e. The molecule has 2 aliphatic heterocycles. The number of rotatable bonds is 6. The molecule has 2 atom stereocenters. The summed E-state index contributed by atoms with van der Waals surface area (Å²) in [6.07, 6.45) is 8.18. The zero-order valence-corrected chi connectivity index (χ0v) is 25.4. The number of halogens is 1. The second-order valence-corrected chi connectivity index (χ2v) is 15.0. The van der Waals surface area contributed by atoms with Crippen molar-refractivity contribution >= 4 is 29.3 Å². The van der Waals surface area contributed by atoms with Crippen molar-refractivity contribution < 1.29 is 4.79 Å². The fourth-order valence-corrected chi connectivity index (χ4v) is 10.4. The molecule has 6 nitrogen and oxygen atoms in total. The van der Waals surface area contributed by atoms with Crippen LogP contribution in [0.15, 0.2) is 35.5 Å². The van der Waals surface area contributed by atoms with Crippen LogP contribution in [0, 0.1) is 37.5 Å². The van der Waals surface area contributed by atoms with Gasteiger partial charge in [-0.25, -0.2) is 9.97 Å². The molecule has 2 saturated heterocycles. The molecule has 4 aliphatic carbocycles. The summed E-state index contributed by atoms with van der Waals surface area (Å²) in [4.78, 5) is 30.8. The van der Waals surface area contributed by atoms with Crippen molar-refractivity contribution in [1.82, 2.24) is 24.7 Å². The van der Waals surface area contributed by atoms with E-state index in [-0.39, 0.29) is 11.3 Å². The number of carbonyl (C=O) groups is 1. The number of aryl methyl sites for hydroxylation is 2. The monoisotopic (exact) mass is 579 g/mol. The van der Waals surface area contributed by atoms with Crippen LogP contribution in [0.3, 0.4) is 0 Å². The lowest BCUT2D eigenvalue weighted by Gasteiger charge is -2.58. The van der Waals surface area contributed by atoms with E-state index >= 15 is 0 Å². The van der Waals surface area contributed by atoms with Crippen molar-refractivity contribution in [2.75, 3.05) is 32.7 Å². The Balaban J connectivity index is 1.03. The van der Waals surface area contributed by atoms with E-state index in [4.69, 9.17) is 11.6 Å². The van der Waals surface area contributed by atoms with Gasteiger partial charge in [0.15, 0.2) is 5.16 Å². The molecule has 6 fully saturated rings. The average molecular weight is 580 g/mol. The Bertz CT molecular complexity index is 1180. The summed E-state index contributed by atoms with van der Waals surface area (Å²) in [6, 6.07) is 10.7. The molecule has 8 rings (SSSR count). The number of benzene rings is 1. The Hall–Kier alpha value is -1.67. The molecule has 4 saturated carbocycles. The number of piperazine rings is 1. The summed E-state index contributed by atoms with van der Waals surface area (Å²) in [6.45, 7) is 9.47. The van der Waals surface area contributed by atoms with E-state index in [0.717, 1.165) is 97.0 Å². The number of aromatic nitrogens is 2. The third-order valence-corrected chi connectivity index (χ3v) is 11.7. The number of nitrogens with zero attached hydrogens (tertiary/aromatic N) is 5. The van der Waals surface area contributed by atoms with E-state index in [9.17, 15) is 4.79 Å². The van der Waals surface area contributed by atoms with Gasteiger partial charge in [-0.1, -0.05) is 35.5 Å². The normalized spacial score (nSPS) is 34.1. The highest BCUT2D eigenvalue weighted by Gasteiger charge is 2.50. The molecule has 0 N–H and O–H groups in total. The zero-order valence-electron chi connectivity index (χ0n) is 23.8. The van der Waals surface area contributed by atoms with Crippen molar-refractivity contribution in [3.8, 4) is 0 Å². The van der Waals surface area contributed by atoms with Crippen LogP contribution in [-0.4, -0.2) is 80.6 Å². The summed E-state index contributed by atoms with van der Waals surface area (Å²) in [7, 11) is 0. The quantitative estimate of drug-likeness (QED) is 0.424. The minimum Gasteiger partial charge on any atom is -0.339 e. The Morgan fingerprint density at radius 3 is 2.15 bits per heavy atom. The summed E-state index contributed by atoms with van der Waals surface area (Å²) < 4.78 is 0. The highest BCUT2D eigenvalue weighted by molar-refractivity contribution is 7.99. The van der Waals surface area contributed by atoms with Gasteiger partial charge < -0.3 is 4.90 Å². The first-order valence-electron chi connectivity index (χ1n) is 15.4. The molecule has 3 heterocycles. The van der Waals surface area contributed by atoms with E-state index in [1.54, 1.807) is 11.8 Å². The van der Waals surface area contributed by atoms with Gasteiger partial charge in [0.05, 0.1) is 6.04 Å². The summed E-state index contributed by atoms with van der Waals surface area (Å²) in [5.41, 5.74) is 3.19. The molecular formula is C32H42ClN5OS. The van der Waals surface area contributed by atoms with Crippen LogP contribution in [-0.2, 0) is 11.3 Å². The van der Waals surface area contributed by atoms with Crippen LogP contribution in [0.5, 0.6) is 0 Å². The molecule has 4 bridgehead atoms. The number of likely N-dealkylation sites (tertiary alicyclic amines) is 1. The zero-order chi connectivity index (χ0) is 27.4. The van der Waals surface area contributed by atoms with Gasteiger partial charge >= 0.3 is 0 Å². The molecule has 0 spiro atoms. The SMILES string of the molecule is Cc1cc(C)nc(S[C@H]2C[C@@H](C(=O)N3CCN(C4C5CC6CC(C5)CC4C6)CC3)N(Cc3ccc(Cl)cc3)C2)n1. The van der Waals surface area contributed by atoms with E-state index in [1.165, 1.54) is 37.7 Å². The predicted molar refractivity (Wildman–Crippen MR) is 160 cm³/mol. The van der Waals surface area contributed by atoms with Gasteiger partial charge in [0.1, 0.15) is 0 Å². The Morgan fingerprint density at radius 2 is 1.52 bits per heavy atom. The van der Waals surface area contributed by atoms with Crippen LogP contribution < -0.4 is 0 Å². The van der Waals surface area contributed by atoms with Crippen molar-refractivity contribution in [3.05, 3.63) is 52.3 Å². The molecule has 0 radical (unpaired) electrons. The van der Waals surface area contributed by atoms with Crippen molar-refractivity contribution in [3.63, 3.8) is 0 Å². The molecular weight excluding hydrogens is 538 g/mol. The average Bonchev–Trinajstić information content (AvgIpc) is 3.30. The van der Waals surface area contributed by atoms with Crippen molar-refractivity contribution in [1.29, 1.82) is 0 Å². The van der Waals surface area contributed by atoms with E-state index in [0.29, 0.717) is 5.91 Å². The van der Waals surface area contributed by atoms with E-state index in [2.05, 4.69) is 36.8 Å². The fraction of sp³-hybridized carbons (Fsp3) is 0.656. The summed E-state index contributed by atoms with van der Waals surface area (Å²) in [5, 5.41) is 1.86. The predicted octanol–water partition coefficient (Wildman–Crippen LogP) is 5.45. The first-order chi connectivity index (χ1) is 19.4. The van der Waals surface area contributed by atoms with Crippen LogP contribution in [0.1, 0.15) is 55.5 Å². The Morgan fingerprint density at radius 1 is 0.900 bits per heavy atom. The van der Waals surface area contributed by atoms with Gasteiger partial charge in [-0.15, -0.1) is 0 Å².